The molecule has 1 heterocycles. The Hall–Kier alpha value is -2.40. The molecule has 3 aromatic rings. The highest BCUT2D eigenvalue weighted by molar-refractivity contribution is 8.00. The Morgan fingerprint density at radius 3 is 2.50 bits per heavy atom. The van der Waals surface area contributed by atoms with Crippen LogP contribution in [0.25, 0.3) is 11.4 Å². The van der Waals surface area contributed by atoms with Gasteiger partial charge in [0.2, 0.25) is 5.16 Å². The number of aromatic nitrogens is 3. The van der Waals surface area contributed by atoms with Crippen LogP contribution in [0.2, 0.25) is 0 Å². The van der Waals surface area contributed by atoms with Crippen molar-refractivity contribution in [3.05, 3.63) is 65.7 Å². The van der Waals surface area contributed by atoms with Gasteiger partial charge in [-0.25, -0.2) is 4.98 Å². The van der Waals surface area contributed by atoms with Crippen molar-refractivity contribution in [2.75, 3.05) is 0 Å². The zero-order chi connectivity index (χ0) is 16.9. The molecule has 4 nitrogen and oxygen atoms in total. The second kappa shape index (κ2) is 7.45. The Morgan fingerprint density at radius 1 is 1.12 bits per heavy atom. The SMILES string of the molecule is CCc1ccc(C(=O)[C@H](C)Sc2n[nH]c(-c3ccccc3)n2)cc1. The van der Waals surface area contributed by atoms with Crippen LogP contribution in [0.15, 0.2) is 59.8 Å². The van der Waals surface area contributed by atoms with Gasteiger partial charge in [0.15, 0.2) is 11.6 Å². The van der Waals surface area contributed by atoms with E-state index in [2.05, 4.69) is 22.1 Å². The Labute approximate surface area is 145 Å². The van der Waals surface area contributed by atoms with E-state index in [1.165, 1.54) is 17.3 Å². The van der Waals surface area contributed by atoms with Crippen LogP contribution in [0.3, 0.4) is 0 Å². The van der Waals surface area contributed by atoms with Crippen molar-refractivity contribution in [3.8, 4) is 11.4 Å². The zero-order valence-corrected chi connectivity index (χ0v) is 14.5. The summed E-state index contributed by atoms with van der Waals surface area (Å²) in [5, 5.41) is 7.48. The predicted molar refractivity (Wildman–Crippen MR) is 97.3 cm³/mol. The molecule has 0 aliphatic rings. The molecule has 0 saturated carbocycles. The number of nitrogens with one attached hydrogen (secondary N) is 1. The van der Waals surface area contributed by atoms with E-state index in [4.69, 9.17) is 0 Å². The number of aromatic amines is 1. The van der Waals surface area contributed by atoms with Crippen molar-refractivity contribution in [2.45, 2.75) is 30.7 Å². The lowest BCUT2D eigenvalue weighted by atomic mass is 10.1. The molecule has 1 atom stereocenters. The summed E-state index contributed by atoms with van der Waals surface area (Å²) in [7, 11) is 0. The highest BCUT2D eigenvalue weighted by atomic mass is 32.2. The van der Waals surface area contributed by atoms with Gasteiger partial charge >= 0.3 is 0 Å². The fourth-order valence-electron chi connectivity index (χ4n) is 2.38. The van der Waals surface area contributed by atoms with Crippen molar-refractivity contribution in [1.29, 1.82) is 0 Å². The molecule has 3 rings (SSSR count). The van der Waals surface area contributed by atoms with Gasteiger partial charge in [-0.2, -0.15) is 0 Å². The predicted octanol–water partition coefficient (Wildman–Crippen LogP) is 4.40. The molecular weight excluding hydrogens is 318 g/mol. The number of ketones is 1. The van der Waals surface area contributed by atoms with Crippen LogP contribution in [-0.2, 0) is 6.42 Å². The first-order chi connectivity index (χ1) is 11.7. The number of benzene rings is 2. The third-order valence-electron chi connectivity index (χ3n) is 3.81. The number of hydrogen-bond acceptors (Lipinski definition) is 4. The summed E-state index contributed by atoms with van der Waals surface area (Å²) in [5.41, 5.74) is 2.94. The minimum absolute atomic E-state index is 0.0914. The van der Waals surface area contributed by atoms with Gasteiger partial charge in [0.1, 0.15) is 0 Å². The fourth-order valence-corrected chi connectivity index (χ4v) is 3.18. The van der Waals surface area contributed by atoms with Gasteiger partial charge in [-0.15, -0.1) is 5.10 Å². The molecule has 0 amide bonds. The van der Waals surface area contributed by atoms with Gasteiger partial charge in [-0.3, -0.25) is 9.89 Å². The first kappa shape index (κ1) is 16.5. The number of aryl methyl sites for hydroxylation is 1. The number of Topliss-reactive ketones (excluding diaryl/α,β-unsaturated/α-hetero) is 1. The van der Waals surface area contributed by atoms with E-state index >= 15 is 0 Å². The van der Waals surface area contributed by atoms with E-state index in [-0.39, 0.29) is 11.0 Å². The number of thioether (sulfide) groups is 1. The van der Waals surface area contributed by atoms with Crippen LogP contribution < -0.4 is 0 Å². The second-order valence-electron chi connectivity index (χ2n) is 5.51. The van der Waals surface area contributed by atoms with Crippen molar-refractivity contribution in [2.24, 2.45) is 0 Å². The van der Waals surface area contributed by atoms with E-state index in [0.29, 0.717) is 11.0 Å². The van der Waals surface area contributed by atoms with Crippen LogP contribution in [0, 0.1) is 0 Å². The molecule has 0 saturated heterocycles. The molecule has 122 valence electrons. The van der Waals surface area contributed by atoms with E-state index in [9.17, 15) is 4.79 Å². The normalized spacial score (nSPS) is 12.1. The second-order valence-corrected chi connectivity index (χ2v) is 6.82. The Balaban J connectivity index is 1.69. The number of rotatable bonds is 6. The van der Waals surface area contributed by atoms with Crippen molar-refractivity contribution in [1.82, 2.24) is 15.2 Å². The van der Waals surface area contributed by atoms with E-state index < -0.39 is 0 Å². The van der Waals surface area contributed by atoms with Crippen molar-refractivity contribution >= 4 is 17.5 Å². The smallest absolute Gasteiger partial charge is 0.209 e. The van der Waals surface area contributed by atoms with Gasteiger partial charge in [0.25, 0.3) is 0 Å². The van der Waals surface area contributed by atoms with Crippen molar-refractivity contribution in [3.63, 3.8) is 0 Å². The van der Waals surface area contributed by atoms with Crippen LogP contribution in [0.4, 0.5) is 0 Å². The topological polar surface area (TPSA) is 58.6 Å². The maximum absolute atomic E-state index is 12.5. The average molecular weight is 337 g/mol. The van der Waals surface area contributed by atoms with E-state index in [1.807, 2.05) is 61.5 Å². The van der Waals surface area contributed by atoms with Crippen LogP contribution in [0.5, 0.6) is 0 Å². The summed E-state index contributed by atoms with van der Waals surface area (Å²) >= 11 is 1.37. The molecule has 24 heavy (non-hydrogen) atoms. The maximum Gasteiger partial charge on any atom is 0.209 e. The number of carbonyl (C=O) groups is 1. The molecule has 2 aromatic carbocycles. The molecule has 5 heteroatoms. The summed E-state index contributed by atoms with van der Waals surface area (Å²) in [5.74, 6) is 0.804. The quantitative estimate of drug-likeness (QED) is 0.535. The molecular formula is C19H19N3OS. The molecule has 0 bridgehead atoms. The Bertz CT molecular complexity index is 812. The Kier molecular flexibility index (Phi) is 5.11. The lowest BCUT2D eigenvalue weighted by molar-refractivity contribution is 0.0994. The summed E-state index contributed by atoms with van der Waals surface area (Å²) in [6.45, 7) is 3.99. The number of hydrogen-bond donors (Lipinski definition) is 1. The summed E-state index contributed by atoms with van der Waals surface area (Å²) in [4.78, 5) is 17.0. The first-order valence-electron chi connectivity index (χ1n) is 7.95. The molecule has 0 fully saturated rings. The number of H-pyrrole nitrogens is 1. The summed E-state index contributed by atoms with van der Waals surface area (Å²) in [6.07, 6.45) is 0.970. The minimum Gasteiger partial charge on any atom is -0.293 e. The van der Waals surface area contributed by atoms with Gasteiger partial charge in [0, 0.05) is 11.1 Å². The van der Waals surface area contributed by atoms with Gasteiger partial charge in [-0.1, -0.05) is 73.3 Å². The van der Waals surface area contributed by atoms with Gasteiger partial charge < -0.3 is 0 Å². The van der Waals surface area contributed by atoms with E-state index in [0.717, 1.165) is 17.5 Å². The lowest BCUT2D eigenvalue weighted by Crippen LogP contribution is -2.13. The lowest BCUT2D eigenvalue weighted by Gasteiger charge is -2.08. The molecule has 1 N–H and O–H groups in total. The largest absolute Gasteiger partial charge is 0.293 e. The van der Waals surface area contributed by atoms with Crippen LogP contribution in [-0.4, -0.2) is 26.2 Å². The molecule has 0 radical (unpaired) electrons. The first-order valence-corrected chi connectivity index (χ1v) is 8.83. The molecule has 0 aliphatic carbocycles. The van der Waals surface area contributed by atoms with E-state index in [1.54, 1.807) is 0 Å². The minimum atomic E-state index is -0.239. The fraction of sp³-hybridized carbons (Fsp3) is 0.211. The average Bonchev–Trinajstić information content (AvgIpc) is 3.10. The molecule has 0 aliphatic heterocycles. The molecule has 0 spiro atoms. The zero-order valence-electron chi connectivity index (χ0n) is 13.7. The highest BCUT2D eigenvalue weighted by Crippen LogP contribution is 2.25. The van der Waals surface area contributed by atoms with Crippen molar-refractivity contribution < 1.29 is 4.79 Å². The van der Waals surface area contributed by atoms with Gasteiger partial charge in [0.05, 0.1) is 5.25 Å². The third kappa shape index (κ3) is 3.74. The number of nitrogens with zero attached hydrogens (tertiary/aromatic N) is 2. The highest BCUT2D eigenvalue weighted by Gasteiger charge is 2.19. The standard InChI is InChI=1S/C19H19N3OS/c1-3-14-9-11-15(12-10-14)17(23)13(2)24-19-20-18(21-22-19)16-7-5-4-6-8-16/h4-13H,3H2,1-2H3,(H,20,21,22)/t13-/m0/s1. The number of carbonyl (C=O) groups excluding carboxylic acids is 1. The maximum atomic E-state index is 12.5. The summed E-state index contributed by atoms with van der Waals surface area (Å²) < 4.78 is 0. The van der Waals surface area contributed by atoms with Crippen LogP contribution >= 0.6 is 11.8 Å². The van der Waals surface area contributed by atoms with Crippen LogP contribution in [0.1, 0.15) is 29.8 Å². The molecule has 0 unspecified atom stereocenters. The molecule has 1 aromatic heterocycles. The third-order valence-corrected chi connectivity index (χ3v) is 4.77. The Morgan fingerprint density at radius 2 is 1.83 bits per heavy atom. The van der Waals surface area contributed by atoms with Gasteiger partial charge in [-0.05, 0) is 18.9 Å². The summed E-state index contributed by atoms with van der Waals surface area (Å²) in [6, 6.07) is 17.6. The monoisotopic (exact) mass is 337 g/mol.